The molecule has 0 saturated heterocycles. The molecule has 0 aliphatic rings. The van der Waals surface area contributed by atoms with Crippen LogP contribution in [0.25, 0.3) is 5.65 Å². The largest absolute Gasteiger partial charge is 0.356 e. The molecule has 0 aliphatic carbocycles. The summed E-state index contributed by atoms with van der Waals surface area (Å²) in [5.74, 6) is 0.782. The minimum atomic E-state index is 0. The van der Waals surface area contributed by atoms with E-state index >= 15 is 0 Å². The van der Waals surface area contributed by atoms with Crippen molar-refractivity contribution in [2.75, 3.05) is 13.6 Å². The number of nitrogens with zero attached hydrogens (tertiary/aromatic N) is 5. The van der Waals surface area contributed by atoms with Crippen LogP contribution >= 0.6 is 24.0 Å². The summed E-state index contributed by atoms with van der Waals surface area (Å²) in [7, 11) is 1.77. The van der Waals surface area contributed by atoms with Gasteiger partial charge in [-0.05, 0) is 31.5 Å². The standard InChI is InChI=1S/C17H23N7.HI/c1-14-6-3-7-16-22-15(13-24(14)16)12-20-17(18-2)19-8-4-10-23-11-5-9-21-23;/h3,5-7,9,11,13H,4,8,10,12H2,1-2H3,(H2,18,19,20);1H. The van der Waals surface area contributed by atoms with E-state index in [1.165, 1.54) is 5.69 Å². The zero-order valence-electron chi connectivity index (χ0n) is 14.5. The summed E-state index contributed by atoms with van der Waals surface area (Å²) in [6.45, 7) is 4.44. The molecule has 0 aliphatic heterocycles. The number of aromatic nitrogens is 4. The minimum absolute atomic E-state index is 0. The number of pyridine rings is 1. The first-order valence-electron chi connectivity index (χ1n) is 8.12. The highest BCUT2D eigenvalue weighted by molar-refractivity contribution is 14.0. The quantitative estimate of drug-likeness (QED) is 0.260. The van der Waals surface area contributed by atoms with Crippen LogP contribution in [0.1, 0.15) is 17.8 Å². The van der Waals surface area contributed by atoms with E-state index in [9.17, 15) is 0 Å². The molecule has 0 atom stereocenters. The number of aryl methyl sites for hydroxylation is 2. The molecule has 3 heterocycles. The number of hydrogen-bond donors (Lipinski definition) is 2. The average molecular weight is 453 g/mol. The Hall–Kier alpha value is -2.10. The molecule has 25 heavy (non-hydrogen) atoms. The Morgan fingerprint density at radius 1 is 1.24 bits per heavy atom. The number of fused-ring (bicyclic) bond motifs is 1. The van der Waals surface area contributed by atoms with Crippen LogP contribution < -0.4 is 10.6 Å². The molecule has 0 fully saturated rings. The number of aliphatic imine (C=N–C) groups is 1. The lowest BCUT2D eigenvalue weighted by Gasteiger charge is -2.10. The second-order valence-corrected chi connectivity index (χ2v) is 5.60. The second kappa shape index (κ2) is 9.40. The van der Waals surface area contributed by atoms with E-state index in [2.05, 4.69) is 49.3 Å². The Morgan fingerprint density at radius 2 is 2.12 bits per heavy atom. The fraction of sp³-hybridized carbons (Fsp3) is 0.353. The normalized spacial score (nSPS) is 11.4. The van der Waals surface area contributed by atoms with Crippen molar-refractivity contribution >= 4 is 35.6 Å². The van der Waals surface area contributed by atoms with Gasteiger partial charge in [0.25, 0.3) is 0 Å². The van der Waals surface area contributed by atoms with Crippen LogP contribution in [-0.4, -0.2) is 38.7 Å². The lowest BCUT2D eigenvalue weighted by atomic mass is 10.4. The van der Waals surface area contributed by atoms with Gasteiger partial charge in [0, 0.05) is 44.4 Å². The van der Waals surface area contributed by atoms with Crippen molar-refractivity contribution in [1.29, 1.82) is 0 Å². The van der Waals surface area contributed by atoms with Crippen LogP contribution in [0, 0.1) is 6.92 Å². The summed E-state index contributed by atoms with van der Waals surface area (Å²) < 4.78 is 4.02. The molecule has 0 aromatic carbocycles. The van der Waals surface area contributed by atoms with Gasteiger partial charge in [-0.25, -0.2) is 4.98 Å². The molecule has 134 valence electrons. The van der Waals surface area contributed by atoms with E-state index in [1.54, 1.807) is 13.2 Å². The zero-order valence-corrected chi connectivity index (χ0v) is 16.8. The Morgan fingerprint density at radius 3 is 2.84 bits per heavy atom. The first-order valence-corrected chi connectivity index (χ1v) is 8.12. The van der Waals surface area contributed by atoms with E-state index in [0.717, 1.165) is 36.8 Å². The molecule has 3 rings (SSSR count). The lowest BCUT2D eigenvalue weighted by molar-refractivity contribution is 0.570. The number of imidazole rings is 1. The highest BCUT2D eigenvalue weighted by Gasteiger charge is 2.04. The summed E-state index contributed by atoms with van der Waals surface area (Å²) in [5.41, 5.74) is 3.13. The van der Waals surface area contributed by atoms with Crippen molar-refractivity contribution in [3.05, 3.63) is 54.2 Å². The molecule has 7 nitrogen and oxygen atoms in total. The van der Waals surface area contributed by atoms with Gasteiger partial charge < -0.3 is 15.0 Å². The molecule has 0 amide bonds. The maximum Gasteiger partial charge on any atom is 0.191 e. The Labute approximate surface area is 164 Å². The molecule has 3 aromatic heterocycles. The van der Waals surface area contributed by atoms with Crippen LogP contribution in [0.4, 0.5) is 0 Å². The van der Waals surface area contributed by atoms with Crippen LogP contribution in [0.3, 0.4) is 0 Å². The van der Waals surface area contributed by atoms with Gasteiger partial charge in [-0.3, -0.25) is 9.67 Å². The van der Waals surface area contributed by atoms with Gasteiger partial charge in [0.2, 0.25) is 0 Å². The predicted molar refractivity (Wildman–Crippen MR) is 110 cm³/mol. The maximum absolute atomic E-state index is 4.62. The molecule has 0 radical (unpaired) electrons. The van der Waals surface area contributed by atoms with Gasteiger partial charge in [0.1, 0.15) is 5.65 Å². The van der Waals surface area contributed by atoms with Crippen molar-refractivity contribution < 1.29 is 0 Å². The summed E-state index contributed by atoms with van der Waals surface area (Å²) in [6.07, 6.45) is 6.81. The number of hydrogen-bond acceptors (Lipinski definition) is 3. The monoisotopic (exact) mass is 453 g/mol. The molecule has 0 saturated carbocycles. The van der Waals surface area contributed by atoms with Gasteiger partial charge in [-0.15, -0.1) is 24.0 Å². The molecule has 2 N–H and O–H groups in total. The SMILES string of the molecule is CN=C(NCCCn1cccn1)NCc1cn2c(C)cccc2n1.I. The van der Waals surface area contributed by atoms with E-state index in [0.29, 0.717) is 6.54 Å². The molecular formula is C17H24IN7. The zero-order chi connectivity index (χ0) is 16.8. The van der Waals surface area contributed by atoms with Crippen LogP contribution in [-0.2, 0) is 13.1 Å². The number of halogens is 1. The van der Waals surface area contributed by atoms with Gasteiger partial charge in [-0.1, -0.05) is 6.07 Å². The molecular weight excluding hydrogens is 429 g/mol. The summed E-state index contributed by atoms with van der Waals surface area (Å²) in [5, 5.41) is 10.8. The van der Waals surface area contributed by atoms with E-state index in [1.807, 2.05) is 29.1 Å². The van der Waals surface area contributed by atoms with Crippen LogP contribution in [0.2, 0.25) is 0 Å². The summed E-state index contributed by atoms with van der Waals surface area (Å²) >= 11 is 0. The number of rotatable bonds is 6. The third-order valence-corrected chi connectivity index (χ3v) is 3.82. The fourth-order valence-electron chi connectivity index (χ4n) is 2.56. The van der Waals surface area contributed by atoms with Crippen LogP contribution in [0.5, 0.6) is 0 Å². The number of guanidine groups is 1. The third-order valence-electron chi connectivity index (χ3n) is 3.82. The molecule has 0 spiro atoms. The molecule has 8 heteroatoms. The van der Waals surface area contributed by atoms with Crippen molar-refractivity contribution in [2.24, 2.45) is 4.99 Å². The van der Waals surface area contributed by atoms with E-state index in [4.69, 9.17) is 0 Å². The molecule has 3 aromatic rings. The van der Waals surface area contributed by atoms with Crippen molar-refractivity contribution in [3.63, 3.8) is 0 Å². The first kappa shape index (κ1) is 19.2. The van der Waals surface area contributed by atoms with Crippen molar-refractivity contribution in [2.45, 2.75) is 26.4 Å². The highest BCUT2D eigenvalue weighted by Crippen LogP contribution is 2.08. The van der Waals surface area contributed by atoms with Gasteiger partial charge in [0.05, 0.1) is 12.2 Å². The Bertz CT molecular complexity index is 808. The van der Waals surface area contributed by atoms with Crippen molar-refractivity contribution in [1.82, 2.24) is 29.8 Å². The third kappa shape index (κ3) is 5.18. The Kier molecular flexibility index (Phi) is 7.23. The first-order chi connectivity index (χ1) is 11.8. The lowest BCUT2D eigenvalue weighted by Crippen LogP contribution is -2.37. The predicted octanol–water partition coefficient (Wildman–Crippen LogP) is 2.21. The maximum atomic E-state index is 4.62. The smallest absolute Gasteiger partial charge is 0.191 e. The minimum Gasteiger partial charge on any atom is -0.356 e. The fourth-order valence-corrected chi connectivity index (χ4v) is 2.56. The van der Waals surface area contributed by atoms with Gasteiger partial charge in [-0.2, -0.15) is 5.10 Å². The van der Waals surface area contributed by atoms with Crippen molar-refractivity contribution in [3.8, 4) is 0 Å². The van der Waals surface area contributed by atoms with Gasteiger partial charge >= 0.3 is 0 Å². The average Bonchev–Trinajstić information content (AvgIpc) is 3.24. The second-order valence-electron chi connectivity index (χ2n) is 5.60. The Balaban J connectivity index is 0.00000225. The molecule has 0 bridgehead atoms. The summed E-state index contributed by atoms with van der Waals surface area (Å²) in [6, 6.07) is 8.05. The van der Waals surface area contributed by atoms with E-state index < -0.39 is 0 Å². The highest BCUT2D eigenvalue weighted by atomic mass is 127. The van der Waals surface area contributed by atoms with Gasteiger partial charge in [0.15, 0.2) is 5.96 Å². The van der Waals surface area contributed by atoms with E-state index in [-0.39, 0.29) is 24.0 Å². The molecule has 0 unspecified atom stereocenters. The van der Waals surface area contributed by atoms with Crippen LogP contribution in [0.15, 0.2) is 47.8 Å². The summed E-state index contributed by atoms with van der Waals surface area (Å²) in [4.78, 5) is 8.86. The topological polar surface area (TPSA) is 71.5 Å². The number of nitrogens with one attached hydrogen (secondary N) is 2.